The Morgan fingerprint density at radius 2 is 2.14 bits per heavy atom. The molecule has 0 unspecified atom stereocenters. The minimum atomic E-state index is -0.684. The van der Waals surface area contributed by atoms with Gasteiger partial charge in [-0.2, -0.15) is 0 Å². The van der Waals surface area contributed by atoms with Gasteiger partial charge in [0.15, 0.2) is 17.3 Å². The molecule has 0 aromatic heterocycles. The van der Waals surface area contributed by atoms with Crippen molar-refractivity contribution < 1.29 is 14.3 Å². The van der Waals surface area contributed by atoms with Gasteiger partial charge in [0.05, 0.1) is 6.54 Å². The topological polar surface area (TPSA) is 63.3 Å². The zero-order valence-corrected chi connectivity index (χ0v) is 8.10. The molecule has 0 aliphatic carbocycles. The molecule has 14 heavy (non-hydrogen) atoms. The van der Waals surface area contributed by atoms with Crippen LogP contribution in [-0.4, -0.2) is 17.4 Å². The predicted molar refractivity (Wildman–Crippen MR) is 50.9 cm³/mol. The number of aryl methyl sites for hydroxylation is 1. The van der Waals surface area contributed by atoms with Crippen molar-refractivity contribution >= 4 is 5.78 Å². The molecule has 4 heteroatoms. The Morgan fingerprint density at radius 3 is 2.64 bits per heavy atom. The van der Waals surface area contributed by atoms with Crippen LogP contribution in [0.4, 0.5) is 4.39 Å². The molecule has 0 aliphatic heterocycles. The van der Waals surface area contributed by atoms with E-state index in [1.807, 2.05) is 0 Å². The molecule has 0 bridgehead atoms. The highest BCUT2D eigenvalue weighted by atomic mass is 19.1. The summed E-state index contributed by atoms with van der Waals surface area (Å²) in [6, 6.07) is 1.40. The normalized spacial score (nSPS) is 10.3. The lowest BCUT2D eigenvalue weighted by molar-refractivity contribution is 0.1000. The van der Waals surface area contributed by atoms with Crippen LogP contribution in [-0.2, 0) is 0 Å². The first kappa shape index (κ1) is 10.7. The van der Waals surface area contributed by atoms with Gasteiger partial charge in [0.25, 0.3) is 0 Å². The lowest BCUT2D eigenvalue weighted by Gasteiger charge is -2.08. The summed E-state index contributed by atoms with van der Waals surface area (Å²) in [5.41, 5.74) is 5.95. The third kappa shape index (κ3) is 1.61. The molecule has 0 heterocycles. The van der Waals surface area contributed by atoms with Crippen LogP contribution < -0.4 is 5.73 Å². The molecule has 0 saturated heterocycles. The summed E-state index contributed by atoms with van der Waals surface area (Å²) in [7, 11) is 0. The van der Waals surface area contributed by atoms with E-state index in [2.05, 4.69) is 0 Å². The van der Waals surface area contributed by atoms with Crippen molar-refractivity contribution in [2.45, 2.75) is 13.8 Å². The van der Waals surface area contributed by atoms with Crippen LogP contribution >= 0.6 is 0 Å². The van der Waals surface area contributed by atoms with E-state index in [4.69, 9.17) is 5.73 Å². The van der Waals surface area contributed by atoms with E-state index >= 15 is 0 Å². The summed E-state index contributed by atoms with van der Waals surface area (Å²) in [6.45, 7) is 2.83. The van der Waals surface area contributed by atoms with Crippen molar-refractivity contribution in [1.82, 2.24) is 0 Å². The Balaban J connectivity index is 3.40. The molecular weight excluding hydrogens is 185 g/mol. The predicted octanol–water partition coefficient (Wildman–Crippen LogP) is 1.29. The highest BCUT2D eigenvalue weighted by Gasteiger charge is 2.15. The van der Waals surface area contributed by atoms with E-state index < -0.39 is 11.6 Å². The van der Waals surface area contributed by atoms with Gasteiger partial charge in [0.1, 0.15) is 0 Å². The SMILES string of the molecule is Cc1cc(C(=O)CN)c(C)c(O)c1F. The first-order chi connectivity index (χ1) is 6.49. The number of carbonyl (C=O) groups excluding carboxylic acids is 1. The van der Waals surface area contributed by atoms with Crippen LogP contribution in [0.5, 0.6) is 5.75 Å². The van der Waals surface area contributed by atoms with Crippen LogP contribution in [0.25, 0.3) is 0 Å². The fraction of sp³-hybridized carbons (Fsp3) is 0.300. The van der Waals surface area contributed by atoms with Gasteiger partial charge in [-0.25, -0.2) is 4.39 Å². The largest absolute Gasteiger partial charge is 0.505 e. The molecule has 1 aromatic rings. The Labute approximate surface area is 81.4 Å². The van der Waals surface area contributed by atoms with Crippen molar-refractivity contribution in [2.75, 3.05) is 6.54 Å². The highest BCUT2D eigenvalue weighted by molar-refractivity contribution is 5.99. The molecule has 0 spiro atoms. The van der Waals surface area contributed by atoms with Gasteiger partial charge in [-0.3, -0.25) is 4.79 Å². The standard InChI is InChI=1S/C10H12FNO2/c1-5-3-7(8(13)4-12)6(2)10(14)9(5)11/h3,14H,4,12H2,1-2H3. The number of hydrogen-bond donors (Lipinski definition) is 2. The van der Waals surface area contributed by atoms with E-state index in [0.717, 1.165) is 0 Å². The number of phenolic OH excluding ortho intramolecular Hbond substituents is 1. The maximum atomic E-state index is 13.1. The first-order valence-electron chi connectivity index (χ1n) is 4.21. The number of carbonyl (C=O) groups is 1. The minimum Gasteiger partial charge on any atom is -0.505 e. The Morgan fingerprint density at radius 1 is 1.57 bits per heavy atom. The van der Waals surface area contributed by atoms with Crippen molar-refractivity contribution in [1.29, 1.82) is 0 Å². The van der Waals surface area contributed by atoms with Crippen molar-refractivity contribution in [3.8, 4) is 5.75 Å². The molecule has 3 N–H and O–H groups in total. The van der Waals surface area contributed by atoms with Gasteiger partial charge < -0.3 is 10.8 Å². The number of halogens is 1. The lowest BCUT2D eigenvalue weighted by atomic mass is 10.0. The van der Waals surface area contributed by atoms with Gasteiger partial charge >= 0.3 is 0 Å². The molecule has 0 fully saturated rings. The van der Waals surface area contributed by atoms with E-state index in [9.17, 15) is 14.3 Å². The maximum absolute atomic E-state index is 13.1. The Bertz CT molecular complexity index is 388. The zero-order chi connectivity index (χ0) is 10.9. The summed E-state index contributed by atoms with van der Waals surface area (Å²) in [5.74, 6) is -1.46. The number of aromatic hydroxyl groups is 1. The van der Waals surface area contributed by atoms with E-state index in [1.54, 1.807) is 0 Å². The van der Waals surface area contributed by atoms with Crippen molar-refractivity contribution in [2.24, 2.45) is 5.73 Å². The van der Waals surface area contributed by atoms with Gasteiger partial charge in [0, 0.05) is 11.1 Å². The zero-order valence-electron chi connectivity index (χ0n) is 8.10. The second-order valence-electron chi connectivity index (χ2n) is 3.16. The van der Waals surface area contributed by atoms with Gasteiger partial charge in [-0.1, -0.05) is 0 Å². The smallest absolute Gasteiger partial charge is 0.176 e. The Kier molecular flexibility index (Phi) is 2.86. The highest BCUT2D eigenvalue weighted by Crippen LogP contribution is 2.27. The summed E-state index contributed by atoms with van der Waals surface area (Å²) >= 11 is 0. The molecule has 1 aromatic carbocycles. The van der Waals surface area contributed by atoms with Gasteiger partial charge in [0.2, 0.25) is 0 Å². The second kappa shape index (κ2) is 3.75. The first-order valence-corrected chi connectivity index (χ1v) is 4.21. The van der Waals surface area contributed by atoms with Gasteiger partial charge in [-0.05, 0) is 25.5 Å². The third-order valence-electron chi connectivity index (χ3n) is 2.16. The summed E-state index contributed by atoms with van der Waals surface area (Å²) < 4.78 is 13.1. The molecule has 0 atom stereocenters. The van der Waals surface area contributed by atoms with E-state index in [1.165, 1.54) is 19.9 Å². The number of nitrogens with two attached hydrogens (primary N) is 1. The lowest BCUT2D eigenvalue weighted by Crippen LogP contribution is -2.15. The number of rotatable bonds is 2. The van der Waals surface area contributed by atoms with Crippen LogP contribution in [0.2, 0.25) is 0 Å². The van der Waals surface area contributed by atoms with E-state index in [0.29, 0.717) is 0 Å². The minimum absolute atomic E-state index is 0.147. The van der Waals surface area contributed by atoms with E-state index in [-0.39, 0.29) is 29.0 Å². The second-order valence-corrected chi connectivity index (χ2v) is 3.16. The van der Waals surface area contributed by atoms with Crippen molar-refractivity contribution in [3.63, 3.8) is 0 Å². The molecule has 0 amide bonds. The average molecular weight is 197 g/mol. The van der Waals surface area contributed by atoms with Crippen LogP contribution in [0.1, 0.15) is 21.5 Å². The summed E-state index contributed by atoms with van der Waals surface area (Å²) in [4.78, 5) is 11.3. The van der Waals surface area contributed by atoms with Crippen LogP contribution in [0.15, 0.2) is 6.07 Å². The number of benzene rings is 1. The Hall–Kier alpha value is -1.42. The molecule has 0 saturated carbocycles. The summed E-state index contributed by atoms with van der Waals surface area (Å²) in [6.07, 6.45) is 0. The summed E-state index contributed by atoms with van der Waals surface area (Å²) in [5, 5.41) is 9.34. The number of Topliss-reactive ketones (excluding diaryl/α,β-unsaturated/α-hetero) is 1. The molecule has 1 rings (SSSR count). The fourth-order valence-corrected chi connectivity index (χ4v) is 1.27. The molecular formula is C10H12FNO2. The van der Waals surface area contributed by atoms with Crippen LogP contribution in [0, 0.1) is 19.7 Å². The number of phenols is 1. The molecule has 3 nitrogen and oxygen atoms in total. The quantitative estimate of drug-likeness (QED) is 0.702. The third-order valence-corrected chi connectivity index (χ3v) is 2.16. The molecule has 0 aliphatic rings. The molecule has 0 radical (unpaired) electrons. The monoisotopic (exact) mass is 197 g/mol. The number of hydrogen-bond acceptors (Lipinski definition) is 3. The van der Waals surface area contributed by atoms with Crippen molar-refractivity contribution in [3.05, 3.63) is 28.6 Å². The number of ketones is 1. The van der Waals surface area contributed by atoms with Crippen LogP contribution in [0.3, 0.4) is 0 Å². The molecule has 76 valence electrons. The van der Waals surface area contributed by atoms with Gasteiger partial charge in [-0.15, -0.1) is 0 Å². The maximum Gasteiger partial charge on any atom is 0.176 e. The average Bonchev–Trinajstić information content (AvgIpc) is 2.19. The fourth-order valence-electron chi connectivity index (χ4n) is 1.27.